The van der Waals surface area contributed by atoms with E-state index in [-0.39, 0.29) is 12.0 Å². The van der Waals surface area contributed by atoms with Gasteiger partial charge in [0.15, 0.2) is 0 Å². The number of aryl methyl sites for hydroxylation is 2. The van der Waals surface area contributed by atoms with Crippen molar-refractivity contribution in [2.45, 2.75) is 32.3 Å². The van der Waals surface area contributed by atoms with E-state index in [0.29, 0.717) is 31.3 Å². The average molecular weight is 330 g/mol. The second kappa shape index (κ2) is 7.44. The van der Waals surface area contributed by atoms with E-state index in [1.54, 1.807) is 17.2 Å². The van der Waals surface area contributed by atoms with Crippen LogP contribution in [0.4, 0.5) is 5.82 Å². The number of nitrogens with two attached hydrogens (primary N) is 1. The van der Waals surface area contributed by atoms with Gasteiger partial charge in [-0.2, -0.15) is 0 Å². The van der Waals surface area contributed by atoms with Gasteiger partial charge in [-0.1, -0.05) is 12.1 Å². The van der Waals surface area contributed by atoms with Crippen molar-refractivity contribution in [1.29, 1.82) is 0 Å². The third kappa shape index (κ3) is 3.91. The Bertz CT molecular complexity index is 701. The first-order valence-corrected chi connectivity index (χ1v) is 8.22. The minimum Gasteiger partial charge on any atom is -0.384 e. The number of anilines is 1. The van der Waals surface area contributed by atoms with Gasteiger partial charge in [0.05, 0.1) is 18.4 Å². The van der Waals surface area contributed by atoms with Crippen molar-refractivity contribution in [3.63, 3.8) is 0 Å². The Balaban J connectivity index is 1.56. The quantitative estimate of drug-likeness (QED) is 0.896. The number of morpholine rings is 1. The highest BCUT2D eigenvalue weighted by atomic mass is 16.5. The summed E-state index contributed by atoms with van der Waals surface area (Å²) in [6, 6.07) is 5.53. The van der Waals surface area contributed by atoms with Crippen LogP contribution < -0.4 is 5.73 Å². The number of carbonyl (C=O) groups is 1. The van der Waals surface area contributed by atoms with Gasteiger partial charge in [0.25, 0.3) is 5.91 Å². The van der Waals surface area contributed by atoms with E-state index < -0.39 is 0 Å². The second-order valence-electron chi connectivity index (χ2n) is 5.91. The van der Waals surface area contributed by atoms with Gasteiger partial charge in [-0.15, -0.1) is 0 Å². The first kappa shape index (κ1) is 16.4. The van der Waals surface area contributed by atoms with Crippen molar-refractivity contribution in [1.82, 2.24) is 15.0 Å². The molecule has 7 heteroatoms. The van der Waals surface area contributed by atoms with E-state index >= 15 is 0 Å². The summed E-state index contributed by atoms with van der Waals surface area (Å²) in [7, 11) is 0. The number of rotatable bonds is 5. The van der Waals surface area contributed by atoms with Crippen LogP contribution in [0.15, 0.2) is 28.9 Å². The molecule has 2 N–H and O–H groups in total. The lowest BCUT2D eigenvalue weighted by molar-refractivity contribution is -0.0257. The van der Waals surface area contributed by atoms with Crippen molar-refractivity contribution in [2.75, 3.05) is 25.4 Å². The van der Waals surface area contributed by atoms with Crippen LogP contribution in [0.25, 0.3) is 0 Å². The zero-order chi connectivity index (χ0) is 16.9. The first-order chi connectivity index (χ1) is 11.7. The zero-order valence-corrected chi connectivity index (χ0v) is 13.8. The fourth-order valence-electron chi connectivity index (χ4n) is 2.79. The van der Waals surface area contributed by atoms with Gasteiger partial charge in [-0.3, -0.25) is 4.79 Å². The Morgan fingerprint density at radius 3 is 3.08 bits per heavy atom. The third-order valence-electron chi connectivity index (χ3n) is 4.16. The molecule has 7 nitrogen and oxygen atoms in total. The number of pyridine rings is 1. The lowest BCUT2D eigenvalue weighted by atomic mass is 10.1. The van der Waals surface area contributed by atoms with E-state index in [9.17, 15) is 4.79 Å². The highest BCUT2D eigenvalue weighted by Crippen LogP contribution is 2.16. The van der Waals surface area contributed by atoms with Gasteiger partial charge in [-0.25, -0.2) is 4.98 Å². The van der Waals surface area contributed by atoms with Crippen molar-refractivity contribution >= 4 is 11.7 Å². The summed E-state index contributed by atoms with van der Waals surface area (Å²) in [6.07, 6.45) is 4.12. The molecule has 1 aliphatic heterocycles. The summed E-state index contributed by atoms with van der Waals surface area (Å²) in [6.45, 7) is 3.63. The van der Waals surface area contributed by atoms with Gasteiger partial charge in [0.2, 0.25) is 5.76 Å². The minimum atomic E-state index is -0.122. The van der Waals surface area contributed by atoms with Gasteiger partial charge < -0.3 is 19.9 Å². The summed E-state index contributed by atoms with van der Waals surface area (Å²) in [5, 5.41) is 3.88. The number of aromatic nitrogens is 2. The number of ether oxygens (including phenoxy) is 1. The maximum Gasteiger partial charge on any atom is 0.292 e. The van der Waals surface area contributed by atoms with Crippen LogP contribution in [0.2, 0.25) is 0 Å². The third-order valence-corrected chi connectivity index (χ3v) is 4.16. The predicted octanol–water partition coefficient (Wildman–Crippen LogP) is 1.69. The van der Waals surface area contributed by atoms with Gasteiger partial charge in [-0.05, 0) is 37.0 Å². The molecule has 2 aromatic heterocycles. The number of hydrogen-bond donors (Lipinski definition) is 1. The number of nitrogens with zero attached hydrogens (tertiary/aromatic N) is 3. The molecule has 0 saturated carbocycles. The molecule has 1 fully saturated rings. The topological polar surface area (TPSA) is 94.5 Å². The number of amides is 1. The second-order valence-corrected chi connectivity index (χ2v) is 5.91. The van der Waals surface area contributed by atoms with Crippen LogP contribution in [-0.2, 0) is 17.6 Å². The Labute approximate surface area is 140 Å². The predicted molar refractivity (Wildman–Crippen MR) is 88.5 cm³/mol. The molecule has 0 unspecified atom stereocenters. The molecule has 3 rings (SSSR count). The fraction of sp³-hybridized carbons (Fsp3) is 0.471. The maximum absolute atomic E-state index is 12.5. The van der Waals surface area contributed by atoms with E-state index in [4.69, 9.17) is 15.0 Å². The van der Waals surface area contributed by atoms with Gasteiger partial charge in [0, 0.05) is 25.4 Å². The molecule has 0 bridgehead atoms. The molecule has 128 valence electrons. The Morgan fingerprint density at radius 2 is 2.33 bits per heavy atom. The molecule has 0 aliphatic carbocycles. The monoisotopic (exact) mass is 330 g/mol. The van der Waals surface area contributed by atoms with E-state index in [2.05, 4.69) is 10.1 Å². The summed E-state index contributed by atoms with van der Waals surface area (Å²) in [5.74, 6) is 0.698. The molecular weight excluding hydrogens is 308 g/mol. The molecule has 1 saturated heterocycles. The normalized spacial score (nSPS) is 17.9. The van der Waals surface area contributed by atoms with Crippen molar-refractivity contribution in [2.24, 2.45) is 0 Å². The van der Waals surface area contributed by atoms with Crippen LogP contribution in [0, 0.1) is 0 Å². The highest BCUT2D eigenvalue weighted by molar-refractivity contribution is 5.91. The summed E-state index contributed by atoms with van der Waals surface area (Å²) in [5.41, 5.74) is 7.61. The smallest absolute Gasteiger partial charge is 0.292 e. The lowest BCUT2D eigenvalue weighted by Crippen LogP contribution is -2.45. The van der Waals surface area contributed by atoms with Gasteiger partial charge >= 0.3 is 0 Å². The molecule has 24 heavy (non-hydrogen) atoms. The number of nitrogen functional groups attached to an aromatic ring is 1. The molecule has 3 heterocycles. The number of carbonyl (C=O) groups excluding carboxylic acids is 1. The maximum atomic E-state index is 12.5. The molecule has 2 aromatic rings. The number of hydrogen-bond acceptors (Lipinski definition) is 6. The van der Waals surface area contributed by atoms with Gasteiger partial charge in [0.1, 0.15) is 5.82 Å². The van der Waals surface area contributed by atoms with Crippen LogP contribution in [0.5, 0.6) is 0 Å². The molecule has 0 spiro atoms. The Morgan fingerprint density at radius 1 is 1.46 bits per heavy atom. The molecule has 1 aliphatic rings. The van der Waals surface area contributed by atoms with E-state index in [0.717, 1.165) is 30.5 Å². The largest absolute Gasteiger partial charge is 0.384 e. The van der Waals surface area contributed by atoms with Crippen molar-refractivity contribution in [3.8, 4) is 0 Å². The zero-order valence-electron chi connectivity index (χ0n) is 13.8. The van der Waals surface area contributed by atoms with Crippen LogP contribution in [-0.4, -0.2) is 46.7 Å². The molecular formula is C17H22N4O3. The Hall–Kier alpha value is -2.41. The van der Waals surface area contributed by atoms with Crippen molar-refractivity contribution < 1.29 is 14.1 Å². The average Bonchev–Trinajstić information content (AvgIpc) is 3.09. The van der Waals surface area contributed by atoms with Crippen LogP contribution >= 0.6 is 0 Å². The molecule has 1 amide bonds. The SMILES string of the molecule is CCc1cc(C(=O)N2CCO[C@@H](CCc3ccnc(N)c3)C2)on1. The first-order valence-electron chi connectivity index (χ1n) is 8.22. The summed E-state index contributed by atoms with van der Waals surface area (Å²) < 4.78 is 10.9. The van der Waals surface area contributed by atoms with Crippen LogP contribution in [0.3, 0.4) is 0 Å². The van der Waals surface area contributed by atoms with E-state index in [1.807, 2.05) is 19.1 Å². The molecule has 0 aromatic carbocycles. The summed E-state index contributed by atoms with van der Waals surface area (Å²) >= 11 is 0. The van der Waals surface area contributed by atoms with E-state index in [1.165, 1.54) is 0 Å². The highest BCUT2D eigenvalue weighted by Gasteiger charge is 2.27. The molecule has 0 radical (unpaired) electrons. The Kier molecular flexibility index (Phi) is 5.10. The fourth-order valence-corrected chi connectivity index (χ4v) is 2.79. The van der Waals surface area contributed by atoms with Crippen LogP contribution in [0.1, 0.15) is 35.2 Å². The minimum absolute atomic E-state index is 0.00524. The summed E-state index contributed by atoms with van der Waals surface area (Å²) in [4.78, 5) is 18.3. The lowest BCUT2D eigenvalue weighted by Gasteiger charge is -2.32. The standard InChI is InChI=1S/C17H22N4O3/c1-2-13-10-15(24-20-13)17(22)21-7-8-23-14(11-21)4-3-12-5-6-19-16(18)9-12/h5-6,9-10,14H,2-4,7-8,11H2,1H3,(H2,18,19)/t14-/m0/s1. The van der Waals surface area contributed by atoms with Crippen molar-refractivity contribution in [3.05, 3.63) is 41.4 Å². The molecule has 1 atom stereocenters.